The van der Waals surface area contributed by atoms with Crippen LogP contribution in [0.5, 0.6) is 0 Å². The van der Waals surface area contributed by atoms with Gasteiger partial charge in [0.2, 0.25) is 0 Å². The van der Waals surface area contributed by atoms with E-state index in [0.717, 1.165) is 16.1 Å². The Hall–Kier alpha value is -2.43. The fourth-order valence-corrected chi connectivity index (χ4v) is 2.73. The number of methoxy groups -OCH3 is 1. The number of halogens is 1. The van der Waals surface area contributed by atoms with E-state index in [1.54, 1.807) is 7.11 Å². The lowest BCUT2D eigenvalue weighted by atomic mass is 9.85. The first kappa shape index (κ1) is 15.5. The molecule has 23 heavy (non-hydrogen) atoms. The van der Waals surface area contributed by atoms with Gasteiger partial charge < -0.3 is 4.74 Å². The second kappa shape index (κ2) is 6.77. The molecule has 0 heterocycles. The maximum atomic E-state index is 5.89. The maximum Gasteiger partial charge on any atom is 0.0868 e. The Morgan fingerprint density at radius 2 is 1.74 bits per heavy atom. The summed E-state index contributed by atoms with van der Waals surface area (Å²) in [6.45, 7) is 2.16. The summed E-state index contributed by atoms with van der Waals surface area (Å²) in [7, 11) is 1.68. The first-order chi connectivity index (χ1) is 11.2. The molecule has 0 aliphatic heterocycles. The molecule has 3 rings (SSSR count). The predicted molar refractivity (Wildman–Crippen MR) is 97.1 cm³/mol. The van der Waals surface area contributed by atoms with Crippen LogP contribution in [0.2, 0.25) is 5.02 Å². The van der Waals surface area contributed by atoms with Crippen molar-refractivity contribution in [1.82, 2.24) is 0 Å². The molecule has 2 aromatic rings. The van der Waals surface area contributed by atoms with Crippen molar-refractivity contribution >= 4 is 23.3 Å². The van der Waals surface area contributed by atoms with E-state index in [-0.39, 0.29) is 0 Å². The molecule has 0 amide bonds. The molecule has 0 fully saturated rings. The summed E-state index contributed by atoms with van der Waals surface area (Å²) >= 11 is 5.89. The normalized spacial score (nSPS) is 17.3. The average Bonchev–Trinajstić information content (AvgIpc) is 2.57. The first-order valence-electron chi connectivity index (χ1n) is 7.50. The highest BCUT2D eigenvalue weighted by Gasteiger charge is 2.16. The molecule has 0 spiro atoms. The van der Waals surface area contributed by atoms with Crippen LogP contribution in [0.1, 0.15) is 29.2 Å². The third-order valence-electron chi connectivity index (χ3n) is 3.86. The maximum absolute atomic E-state index is 5.89. The van der Waals surface area contributed by atoms with Gasteiger partial charge in [-0.2, -0.15) is 0 Å². The summed E-state index contributed by atoms with van der Waals surface area (Å²) in [4.78, 5) is 0. The van der Waals surface area contributed by atoms with Crippen molar-refractivity contribution in [2.24, 2.45) is 5.92 Å². The standard InChI is InChI=1S/C21H17ClO/c1-15-3-9-18-10-6-17(13-20(18)21(15)14-23-2)5-4-16-7-11-19(22)12-8-16/h3,6-15H,1-2H3/b21-14+. The molecule has 0 saturated carbocycles. The average molecular weight is 321 g/mol. The Bertz CT molecular complexity index is 832. The minimum Gasteiger partial charge on any atom is -0.504 e. The van der Waals surface area contributed by atoms with Gasteiger partial charge in [0.15, 0.2) is 0 Å². The van der Waals surface area contributed by atoms with Crippen LogP contribution in [-0.2, 0) is 4.74 Å². The lowest BCUT2D eigenvalue weighted by Crippen LogP contribution is -2.03. The van der Waals surface area contributed by atoms with Crippen molar-refractivity contribution < 1.29 is 4.74 Å². The number of hydrogen-bond donors (Lipinski definition) is 0. The molecule has 2 heteroatoms. The molecule has 1 atom stereocenters. The zero-order valence-electron chi connectivity index (χ0n) is 13.1. The SMILES string of the molecule is CO/C=C1/c2cc(C#Cc3ccc(Cl)cc3)ccc2C=CC1C. The van der Waals surface area contributed by atoms with Crippen molar-refractivity contribution in [2.75, 3.05) is 7.11 Å². The highest BCUT2D eigenvalue weighted by Crippen LogP contribution is 2.33. The summed E-state index contributed by atoms with van der Waals surface area (Å²) < 4.78 is 5.24. The summed E-state index contributed by atoms with van der Waals surface area (Å²) in [5, 5.41) is 0.722. The van der Waals surface area contributed by atoms with E-state index in [2.05, 4.69) is 43.0 Å². The van der Waals surface area contributed by atoms with Crippen molar-refractivity contribution in [3.05, 3.63) is 82.1 Å². The Morgan fingerprint density at radius 1 is 1.04 bits per heavy atom. The summed E-state index contributed by atoms with van der Waals surface area (Å²) in [5.74, 6) is 6.73. The molecule has 0 N–H and O–H groups in total. The molecule has 1 unspecified atom stereocenters. The number of hydrogen-bond acceptors (Lipinski definition) is 1. The molecule has 0 radical (unpaired) electrons. The van der Waals surface area contributed by atoms with Crippen molar-refractivity contribution in [3.8, 4) is 11.8 Å². The Kier molecular flexibility index (Phi) is 4.55. The number of rotatable bonds is 1. The predicted octanol–water partition coefficient (Wildman–Crippen LogP) is 5.39. The third-order valence-corrected chi connectivity index (χ3v) is 4.11. The molecule has 1 aliphatic rings. The van der Waals surface area contributed by atoms with Crippen LogP contribution in [0.25, 0.3) is 11.6 Å². The molecule has 114 valence electrons. The summed E-state index contributed by atoms with van der Waals surface area (Å²) in [5.41, 5.74) is 5.50. The lowest BCUT2D eigenvalue weighted by Gasteiger charge is -2.20. The van der Waals surface area contributed by atoms with Gasteiger partial charge >= 0.3 is 0 Å². The minimum atomic E-state index is 0.335. The second-order valence-electron chi connectivity index (χ2n) is 5.52. The van der Waals surface area contributed by atoms with Gasteiger partial charge in [0.1, 0.15) is 0 Å². The van der Waals surface area contributed by atoms with E-state index in [0.29, 0.717) is 5.92 Å². The summed E-state index contributed by atoms with van der Waals surface area (Å²) in [6.07, 6.45) is 6.17. The van der Waals surface area contributed by atoms with Gasteiger partial charge in [-0.25, -0.2) is 0 Å². The topological polar surface area (TPSA) is 9.23 Å². The Labute approximate surface area is 142 Å². The van der Waals surface area contributed by atoms with Gasteiger partial charge in [0, 0.05) is 27.6 Å². The highest BCUT2D eigenvalue weighted by atomic mass is 35.5. The molecule has 0 saturated heterocycles. The Balaban J connectivity index is 1.96. The van der Waals surface area contributed by atoms with Gasteiger partial charge in [-0.3, -0.25) is 0 Å². The monoisotopic (exact) mass is 320 g/mol. The van der Waals surface area contributed by atoms with E-state index in [1.807, 2.05) is 36.6 Å². The van der Waals surface area contributed by atoms with Crippen molar-refractivity contribution in [3.63, 3.8) is 0 Å². The van der Waals surface area contributed by atoms with E-state index in [9.17, 15) is 0 Å². The van der Waals surface area contributed by atoms with Crippen molar-refractivity contribution in [1.29, 1.82) is 0 Å². The molecular weight excluding hydrogens is 304 g/mol. The van der Waals surface area contributed by atoms with E-state index in [1.165, 1.54) is 16.7 Å². The number of allylic oxidation sites excluding steroid dienone is 2. The van der Waals surface area contributed by atoms with E-state index < -0.39 is 0 Å². The van der Waals surface area contributed by atoms with E-state index in [4.69, 9.17) is 16.3 Å². The van der Waals surface area contributed by atoms with Crippen LogP contribution in [0.4, 0.5) is 0 Å². The first-order valence-corrected chi connectivity index (χ1v) is 7.88. The van der Waals surface area contributed by atoms with Crippen LogP contribution < -0.4 is 0 Å². The second-order valence-corrected chi connectivity index (χ2v) is 5.95. The van der Waals surface area contributed by atoms with Crippen LogP contribution in [0.15, 0.2) is 54.8 Å². The minimum absolute atomic E-state index is 0.335. The molecule has 1 aliphatic carbocycles. The number of benzene rings is 2. The number of ether oxygens (including phenoxy) is 1. The fourth-order valence-electron chi connectivity index (χ4n) is 2.60. The van der Waals surface area contributed by atoms with Crippen LogP contribution in [0.3, 0.4) is 0 Å². The molecule has 2 aromatic carbocycles. The molecular formula is C21H17ClO. The third kappa shape index (κ3) is 3.50. The fraction of sp³-hybridized carbons (Fsp3) is 0.143. The van der Waals surface area contributed by atoms with Gasteiger partial charge in [-0.05, 0) is 47.5 Å². The quantitative estimate of drug-likeness (QED) is 0.505. The molecule has 1 nitrogen and oxygen atoms in total. The highest BCUT2D eigenvalue weighted by molar-refractivity contribution is 6.30. The largest absolute Gasteiger partial charge is 0.504 e. The van der Waals surface area contributed by atoms with Crippen LogP contribution >= 0.6 is 11.6 Å². The van der Waals surface area contributed by atoms with Crippen LogP contribution in [-0.4, -0.2) is 7.11 Å². The van der Waals surface area contributed by atoms with Gasteiger partial charge in [0.05, 0.1) is 13.4 Å². The van der Waals surface area contributed by atoms with Crippen LogP contribution in [0, 0.1) is 17.8 Å². The summed E-state index contributed by atoms with van der Waals surface area (Å²) in [6, 6.07) is 13.8. The van der Waals surface area contributed by atoms with Gasteiger partial charge in [-0.15, -0.1) is 0 Å². The van der Waals surface area contributed by atoms with Gasteiger partial charge in [-0.1, -0.05) is 48.6 Å². The zero-order chi connectivity index (χ0) is 16.2. The lowest BCUT2D eigenvalue weighted by molar-refractivity contribution is 0.338. The van der Waals surface area contributed by atoms with Gasteiger partial charge in [0.25, 0.3) is 0 Å². The smallest absolute Gasteiger partial charge is 0.0868 e. The Morgan fingerprint density at radius 3 is 2.48 bits per heavy atom. The zero-order valence-corrected chi connectivity index (χ0v) is 13.9. The van der Waals surface area contributed by atoms with E-state index >= 15 is 0 Å². The molecule has 0 bridgehead atoms. The molecule has 0 aromatic heterocycles. The van der Waals surface area contributed by atoms with Crippen molar-refractivity contribution in [2.45, 2.75) is 6.92 Å². The number of fused-ring (bicyclic) bond motifs is 1.